The molecule has 0 amide bonds. The van der Waals surface area contributed by atoms with Gasteiger partial charge in [-0.2, -0.15) is 0 Å². The minimum atomic E-state index is -0.206. The van der Waals surface area contributed by atoms with E-state index in [-0.39, 0.29) is 5.97 Å². The minimum absolute atomic E-state index is 0.206. The van der Waals surface area contributed by atoms with Gasteiger partial charge in [-0.05, 0) is 24.8 Å². The van der Waals surface area contributed by atoms with E-state index < -0.39 is 0 Å². The van der Waals surface area contributed by atoms with Gasteiger partial charge in [-0.15, -0.1) is 0 Å². The first-order chi connectivity index (χ1) is 5.79. The van der Waals surface area contributed by atoms with Crippen molar-refractivity contribution in [3.8, 4) is 0 Å². The Balaban J connectivity index is 2.80. The standard InChI is InChI=1S/C10H14O2/c1-3-8-6-4-5-7-9(8)10(11)12-2/h6-7H,3-5H2,1-2H3. The smallest absolute Gasteiger partial charge is 0.337 e. The molecule has 0 unspecified atom stereocenters. The third-order valence-electron chi connectivity index (χ3n) is 2.04. The fraction of sp³-hybridized carbons (Fsp3) is 0.500. The van der Waals surface area contributed by atoms with Gasteiger partial charge in [0.2, 0.25) is 0 Å². The summed E-state index contributed by atoms with van der Waals surface area (Å²) in [6.45, 7) is 2.05. The number of allylic oxidation sites excluding steroid dienone is 2. The quantitative estimate of drug-likeness (QED) is 0.588. The van der Waals surface area contributed by atoms with Crippen LogP contribution < -0.4 is 0 Å². The molecule has 1 aliphatic carbocycles. The summed E-state index contributed by atoms with van der Waals surface area (Å²) < 4.78 is 4.67. The van der Waals surface area contributed by atoms with Crippen LogP contribution in [0.5, 0.6) is 0 Å². The Labute approximate surface area is 72.9 Å². The lowest BCUT2D eigenvalue weighted by molar-refractivity contribution is -0.135. The third-order valence-corrected chi connectivity index (χ3v) is 2.04. The highest BCUT2D eigenvalue weighted by Crippen LogP contribution is 2.21. The van der Waals surface area contributed by atoms with E-state index in [9.17, 15) is 4.79 Å². The van der Waals surface area contributed by atoms with Crippen LogP contribution in [0.4, 0.5) is 0 Å². The number of methoxy groups -OCH3 is 1. The van der Waals surface area contributed by atoms with Gasteiger partial charge >= 0.3 is 5.97 Å². The zero-order valence-electron chi connectivity index (χ0n) is 7.59. The molecule has 2 nitrogen and oxygen atoms in total. The SMILES string of the molecule is CCC1=CCCC=C1C(=O)OC. The van der Waals surface area contributed by atoms with Crippen molar-refractivity contribution in [1.82, 2.24) is 0 Å². The molecule has 0 N–H and O–H groups in total. The fourth-order valence-electron chi connectivity index (χ4n) is 1.39. The first-order valence-electron chi connectivity index (χ1n) is 4.27. The number of ether oxygens (including phenoxy) is 1. The van der Waals surface area contributed by atoms with Gasteiger partial charge in [0.15, 0.2) is 0 Å². The number of rotatable bonds is 2. The topological polar surface area (TPSA) is 26.3 Å². The Morgan fingerprint density at radius 2 is 2.17 bits per heavy atom. The van der Waals surface area contributed by atoms with E-state index in [1.54, 1.807) is 0 Å². The number of hydrogen-bond donors (Lipinski definition) is 0. The summed E-state index contributed by atoms with van der Waals surface area (Å²) in [5, 5.41) is 0. The van der Waals surface area contributed by atoms with Gasteiger partial charge in [0.1, 0.15) is 0 Å². The monoisotopic (exact) mass is 166 g/mol. The average molecular weight is 166 g/mol. The molecule has 66 valence electrons. The van der Waals surface area contributed by atoms with Crippen LogP contribution in [-0.2, 0) is 9.53 Å². The summed E-state index contributed by atoms with van der Waals surface area (Å²) in [6.07, 6.45) is 6.98. The first kappa shape index (κ1) is 9.04. The summed E-state index contributed by atoms with van der Waals surface area (Å²) >= 11 is 0. The van der Waals surface area contributed by atoms with Crippen LogP contribution in [-0.4, -0.2) is 13.1 Å². The van der Waals surface area contributed by atoms with E-state index in [1.165, 1.54) is 7.11 Å². The maximum atomic E-state index is 11.2. The third kappa shape index (κ3) is 1.76. The van der Waals surface area contributed by atoms with Gasteiger partial charge in [-0.3, -0.25) is 0 Å². The molecule has 0 spiro atoms. The van der Waals surface area contributed by atoms with Gasteiger partial charge in [0.05, 0.1) is 12.7 Å². The predicted molar refractivity (Wildman–Crippen MR) is 47.7 cm³/mol. The summed E-state index contributed by atoms with van der Waals surface area (Å²) in [4.78, 5) is 11.2. The number of hydrogen-bond acceptors (Lipinski definition) is 2. The zero-order valence-corrected chi connectivity index (χ0v) is 7.59. The number of carbonyl (C=O) groups excluding carboxylic acids is 1. The molecule has 0 fully saturated rings. The molecule has 0 atom stereocenters. The molecule has 0 aromatic carbocycles. The zero-order chi connectivity index (χ0) is 8.97. The van der Waals surface area contributed by atoms with E-state index in [0.717, 1.165) is 30.4 Å². The Bertz CT molecular complexity index is 236. The second-order valence-electron chi connectivity index (χ2n) is 2.77. The first-order valence-corrected chi connectivity index (χ1v) is 4.27. The van der Waals surface area contributed by atoms with Crippen molar-refractivity contribution in [2.24, 2.45) is 0 Å². The summed E-state index contributed by atoms with van der Waals surface area (Å²) in [5.74, 6) is -0.206. The maximum absolute atomic E-state index is 11.2. The van der Waals surface area contributed by atoms with E-state index in [1.807, 2.05) is 13.0 Å². The molecule has 1 aliphatic rings. The lowest BCUT2D eigenvalue weighted by atomic mass is 9.96. The van der Waals surface area contributed by atoms with Gasteiger partial charge in [-0.1, -0.05) is 19.1 Å². The molecule has 0 aromatic rings. The molecular weight excluding hydrogens is 152 g/mol. The Hall–Kier alpha value is -1.05. The maximum Gasteiger partial charge on any atom is 0.337 e. The van der Waals surface area contributed by atoms with Crippen molar-refractivity contribution in [2.45, 2.75) is 26.2 Å². The Morgan fingerprint density at radius 3 is 2.75 bits per heavy atom. The molecule has 0 aromatic heterocycles. The van der Waals surface area contributed by atoms with E-state index >= 15 is 0 Å². The van der Waals surface area contributed by atoms with Crippen LogP contribution in [0.1, 0.15) is 26.2 Å². The van der Waals surface area contributed by atoms with Crippen LogP contribution in [0.25, 0.3) is 0 Å². The number of esters is 1. The van der Waals surface area contributed by atoms with Gasteiger partial charge in [-0.25, -0.2) is 4.79 Å². The average Bonchev–Trinajstić information content (AvgIpc) is 2.16. The van der Waals surface area contributed by atoms with E-state index in [0.29, 0.717) is 0 Å². The van der Waals surface area contributed by atoms with Crippen molar-refractivity contribution < 1.29 is 9.53 Å². The molecule has 0 aliphatic heterocycles. The van der Waals surface area contributed by atoms with Gasteiger partial charge < -0.3 is 4.74 Å². The van der Waals surface area contributed by atoms with Crippen LogP contribution in [0, 0.1) is 0 Å². The second-order valence-corrected chi connectivity index (χ2v) is 2.77. The van der Waals surface area contributed by atoms with Crippen molar-refractivity contribution in [3.63, 3.8) is 0 Å². The van der Waals surface area contributed by atoms with Crippen molar-refractivity contribution >= 4 is 5.97 Å². The minimum Gasteiger partial charge on any atom is -0.465 e. The normalized spacial score (nSPS) is 16.5. The van der Waals surface area contributed by atoms with Crippen LogP contribution in [0.15, 0.2) is 23.3 Å². The summed E-state index contributed by atoms with van der Waals surface area (Å²) in [6, 6.07) is 0. The molecule has 0 radical (unpaired) electrons. The van der Waals surface area contributed by atoms with E-state index in [4.69, 9.17) is 0 Å². The van der Waals surface area contributed by atoms with E-state index in [2.05, 4.69) is 10.8 Å². The molecular formula is C10H14O2. The summed E-state index contributed by atoms with van der Waals surface area (Å²) in [5.41, 5.74) is 1.87. The van der Waals surface area contributed by atoms with Crippen molar-refractivity contribution in [1.29, 1.82) is 0 Å². The van der Waals surface area contributed by atoms with Crippen LogP contribution in [0.3, 0.4) is 0 Å². The molecule has 12 heavy (non-hydrogen) atoms. The molecule has 0 bridgehead atoms. The predicted octanol–water partition coefficient (Wildman–Crippen LogP) is 2.22. The fourth-order valence-corrected chi connectivity index (χ4v) is 1.39. The molecule has 2 heteroatoms. The largest absolute Gasteiger partial charge is 0.465 e. The molecule has 0 saturated heterocycles. The number of carbonyl (C=O) groups is 1. The lowest BCUT2D eigenvalue weighted by Gasteiger charge is -2.12. The Morgan fingerprint density at radius 1 is 1.50 bits per heavy atom. The highest BCUT2D eigenvalue weighted by molar-refractivity contribution is 5.93. The second kappa shape index (κ2) is 4.10. The van der Waals surface area contributed by atoms with Crippen LogP contribution in [0.2, 0.25) is 0 Å². The molecule has 0 heterocycles. The summed E-state index contributed by atoms with van der Waals surface area (Å²) in [7, 11) is 1.42. The van der Waals surface area contributed by atoms with Crippen molar-refractivity contribution in [2.75, 3.05) is 7.11 Å². The van der Waals surface area contributed by atoms with Crippen LogP contribution >= 0.6 is 0 Å². The highest BCUT2D eigenvalue weighted by Gasteiger charge is 2.14. The van der Waals surface area contributed by atoms with Crippen molar-refractivity contribution in [3.05, 3.63) is 23.3 Å². The Kier molecular flexibility index (Phi) is 3.09. The molecule has 0 saturated carbocycles. The lowest BCUT2D eigenvalue weighted by Crippen LogP contribution is -2.08. The van der Waals surface area contributed by atoms with Gasteiger partial charge in [0, 0.05) is 0 Å². The molecule has 1 rings (SSSR count). The highest BCUT2D eigenvalue weighted by atomic mass is 16.5. The van der Waals surface area contributed by atoms with Gasteiger partial charge in [0.25, 0.3) is 0 Å².